The minimum atomic E-state index is -0.894. The van der Waals surface area contributed by atoms with Crippen LogP contribution < -0.4 is 10.1 Å². The van der Waals surface area contributed by atoms with E-state index >= 15 is 0 Å². The van der Waals surface area contributed by atoms with E-state index in [9.17, 15) is 9.59 Å². The monoisotopic (exact) mass is 350 g/mol. The zero-order valence-electron chi connectivity index (χ0n) is 15.0. The fourth-order valence-corrected chi connectivity index (χ4v) is 2.39. The first-order valence-electron chi connectivity index (χ1n) is 8.46. The third kappa shape index (κ3) is 5.72. The largest absolute Gasteiger partial charge is 0.484 e. The van der Waals surface area contributed by atoms with Crippen LogP contribution in [0.4, 0.5) is 5.69 Å². The number of hydrogen-bond donors (Lipinski definition) is 1. The van der Waals surface area contributed by atoms with Gasteiger partial charge in [0.1, 0.15) is 11.4 Å². The number of benzene rings is 1. The Morgan fingerprint density at radius 1 is 1.20 bits per heavy atom. The summed E-state index contributed by atoms with van der Waals surface area (Å²) >= 11 is 0. The first-order chi connectivity index (χ1) is 11.9. The molecule has 0 aliphatic carbocycles. The van der Waals surface area contributed by atoms with Crippen LogP contribution in [0.5, 0.6) is 5.75 Å². The number of rotatable bonds is 7. The van der Waals surface area contributed by atoms with Gasteiger partial charge in [0.15, 0.2) is 6.61 Å². The third-order valence-corrected chi connectivity index (χ3v) is 3.89. The van der Waals surface area contributed by atoms with Gasteiger partial charge in [0.05, 0.1) is 13.2 Å². The highest BCUT2D eigenvalue weighted by Crippen LogP contribution is 2.18. The molecule has 0 radical (unpaired) electrons. The SMILES string of the molecule is CCOC(C)(C)C(=O)Nc1ccc(OCC(=O)N2CCOCC2)cc1. The summed E-state index contributed by atoms with van der Waals surface area (Å²) in [5.41, 5.74) is -0.251. The standard InChI is InChI=1S/C18H26N2O5/c1-4-25-18(2,3)17(22)19-14-5-7-15(8-6-14)24-13-16(21)20-9-11-23-12-10-20/h5-8H,4,9-13H2,1-3H3,(H,19,22). The van der Waals surface area contributed by atoms with Gasteiger partial charge in [-0.3, -0.25) is 9.59 Å². The predicted octanol–water partition coefficient (Wildman–Crippen LogP) is 1.68. The maximum absolute atomic E-state index is 12.2. The molecule has 1 aromatic rings. The van der Waals surface area contributed by atoms with Gasteiger partial charge in [0.25, 0.3) is 11.8 Å². The normalized spacial score (nSPS) is 14.9. The van der Waals surface area contributed by atoms with E-state index < -0.39 is 5.60 Å². The average Bonchev–Trinajstić information content (AvgIpc) is 2.61. The summed E-state index contributed by atoms with van der Waals surface area (Å²) in [4.78, 5) is 25.9. The van der Waals surface area contributed by atoms with Crippen molar-refractivity contribution in [2.75, 3.05) is 44.8 Å². The Kier molecular flexibility index (Phi) is 6.78. The molecular formula is C18H26N2O5. The van der Waals surface area contributed by atoms with E-state index in [0.29, 0.717) is 44.3 Å². The summed E-state index contributed by atoms with van der Waals surface area (Å²) in [6.07, 6.45) is 0. The third-order valence-electron chi connectivity index (χ3n) is 3.89. The van der Waals surface area contributed by atoms with Gasteiger partial charge in [-0.15, -0.1) is 0 Å². The topological polar surface area (TPSA) is 77.1 Å². The number of nitrogens with zero attached hydrogens (tertiary/aromatic N) is 1. The van der Waals surface area contributed by atoms with Crippen LogP contribution in [0.3, 0.4) is 0 Å². The molecule has 2 amide bonds. The lowest BCUT2D eigenvalue weighted by Gasteiger charge is -2.26. The second-order valence-corrected chi connectivity index (χ2v) is 6.20. The lowest BCUT2D eigenvalue weighted by atomic mass is 10.1. The molecule has 7 heteroatoms. The molecule has 0 spiro atoms. The van der Waals surface area contributed by atoms with Crippen molar-refractivity contribution in [1.82, 2.24) is 4.90 Å². The van der Waals surface area contributed by atoms with Crippen molar-refractivity contribution >= 4 is 17.5 Å². The second kappa shape index (κ2) is 8.82. The van der Waals surface area contributed by atoms with Crippen LogP contribution >= 0.6 is 0 Å². The van der Waals surface area contributed by atoms with Crippen molar-refractivity contribution in [2.45, 2.75) is 26.4 Å². The summed E-state index contributed by atoms with van der Waals surface area (Å²) < 4.78 is 16.2. The van der Waals surface area contributed by atoms with Crippen molar-refractivity contribution in [3.63, 3.8) is 0 Å². The van der Waals surface area contributed by atoms with Crippen molar-refractivity contribution in [3.8, 4) is 5.75 Å². The van der Waals surface area contributed by atoms with Crippen LogP contribution in [-0.4, -0.2) is 61.8 Å². The van der Waals surface area contributed by atoms with E-state index in [-0.39, 0.29) is 18.4 Å². The quantitative estimate of drug-likeness (QED) is 0.810. The van der Waals surface area contributed by atoms with Gasteiger partial charge in [0.2, 0.25) is 0 Å². The Bertz CT molecular complexity index is 580. The Hall–Kier alpha value is -2.12. The van der Waals surface area contributed by atoms with Crippen molar-refractivity contribution in [2.24, 2.45) is 0 Å². The average molecular weight is 350 g/mol. The lowest BCUT2D eigenvalue weighted by molar-refractivity contribution is -0.137. The maximum atomic E-state index is 12.2. The molecule has 2 rings (SSSR count). The van der Waals surface area contributed by atoms with E-state index in [1.807, 2.05) is 6.92 Å². The van der Waals surface area contributed by atoms with Gasteiger partial charge in [0, 0.05) is 25.4 Å². The molecule has 0 atom stereocenters. The summed E-state index contributed by atoms with van der Waals surface area (Å²) in [5.74, 6) is 0.299. The molecule has 1 N–H and O–H groups in total. The highest BCUT2D eigenvalue weighted by atomic mass is 16.5. The Morgan fingerprint density at radius 3 is 2.44 bits per heavy atom. The van der Waals surface area contributed by atoms with E-state index in [0.717, 1.165) is 0 Å². The number of hydrogen-bond acceptors (Lipinski definition) is 5. The number of ether oxygens (including phenoxy) is 3. The highest BCUT2D eigenvalue weighted by molar-refractivity contribution is 5.96. The van der Waals surface area contributed by atoms with Gasteiger partial charge >= 0.3 is 0 Å². The number of morpholine rings is 1. The Labute approximate surface area is 148 Å². The maximum Gasteiger partial charge on any atom is 0.260 e. The van der Waals surface area contributed by atoms with E-state index in [1.165, 1.54) is 0 Å². The molecule has 1 heterocycles. The molecule has 1 fully saturated rings. The van der Waals surface area contributed by atoms with E-state index in [1.54, 1.807) is 43.0 Å². The van der Waals surface area contributed by atoms with Gasteiger partial charge in [-0.25, -0.2) is 0 Å². The molecule has 0 bridgehead atoms. The van der Waals surface area contributed by atoms with E-state index in [4.69, 9.17) is 14.2 Å². The highest BCUT2D eigenvalue weighted by Gasteiger charge is 2.27. The van der Waals surface area contributed by atoms with Gasteiger partial charge in [-0.2, -0.15) is 0 Å². The van der Waals surface area contributed by atoms with E-state index in [2.05, 4.69) is 5.32 Å². The van der Waals surface area contributed by atoms with Gasteiger partial charge in [-0.1, -0.05) is 0 Å². The number of carbonyl (C=O) groups excluding carboxylic acids is 2. The van der Waals surface area contributed by atoms with Gasteiger partial charge < -0.3 is 24.4 Å². The van der Waals surface area contributed by atoms with Crippen LogP contribution in [0.1, 0.15) is 20.8 Å². The summed E-state index contributed by atoms with van der Waals surface area (Å²) in [6.45, 7) is 8.08. The van der Waals surface area contributed by atoms with Crippen LogP contribution in [0.2, 0.25) is 0 Å². The molecule has 25 heavy (non-hydrogen) atoms. The fourth-order valence-electron chi connectivity index (χ4n) is 2.39. The predicted molar refractivity (Wildman–Crippen MR) is 93.7 cm³/mol. The molecule has 0 saturated carbocycles. The zero-order chi connectivity index (χ0) is 18.3. The number of amides is 2. The first kappa shape index (κ1) is 19.2. The lowest BCUT2D eigenvalue weighted by Crippen LogP contribution is -2.42. The minimum absolute atomic E-state index is 0.0108. The van der Waals surface area contributed by atoms with Crippen LogP contribution in [0.15, 0.2) is 24.3 Å². The minimum Gasteiger partial charge on any atom is -0.484 e. The zero-order valence-corrected chi connectivity index (χ0v) is 15.0. The van der Waals surface area contributed by atoms with Crippen molar-refractivity contribution in [1.29, 1.82) is 0 Å². The summed E-state index contributed by atoms with van der Waals surface area (Å²) in [6, 6.07) is 6.90. The molecular weight excluding hydrogens is 324 g/mol. The van der Waals surface area contributed by atoms with Crippen LogP contribution in [0, 0.1) is 0 Å². The smallest absolute Gasteiger partial charge is 0.260 e. The van der Waals surface area contributed by atoms with Gasteiger partial charge in [-0.05, 0) is 45.0 Å². The molecule has 0 aromatic heterocycles. The molecule has 7 nitrogen and oxygen atoms in total. The fraction of sp³-hybridized carbons (Fsp3) is 0.556. The molecule has 1 aromatic carbocycles. The van der Waals surface area contributed by atoms with Crippen LogP contribution in [0.25, 0.3) is 0 Å². The molecule has 0 unspecified atom stereocenters. The number of anilines is 1. The first-order valence-corrected chi connectivity index (χ1v) is 8.46. The van der Waals surface area contributed by atoms with Crippen molar-refractivity contribution in [3.05, 3.63) is 24.3 Å². The summed E-state index contributed by atoms with van der Waals surface area (Å²) in [7, 11) is 0. The van der Waals surface area contributed by atoms with Crippen molar-refractivity contribution < 1.29 is 23.8 Å². The molecule has 1 aliphatic heterocycles. The molecule has 1 aliphatic rings. The number of nitrogens with one attached hydrogen (secondary N) is 1. The number of carbonyl (C=O) groups is 2. The molecule has 138 valence electrons. The van der Waals surface area contributed by atoms with Crippen LogP contribution in [-0.2, 0) is 19.1 Å². The molecule has 1 saturated heterocycles. The Balaban J connectivity index is 1.83. The Morgan fingerprint density at radius 2 is 1.84 bits per heavy atom. The second-order valence-electron chi connectivity index (χ2n) is 6.20. The summed E-state index contributed by atoms with van der Waals surface area (Å²) in [5, 5.41) is 2.80.